The van der Waals surface area contributed by atoms with Gasteiger partial charge in [0, 0.05) is 74.3 Å². The van der Waals surface area contributed by atoms with Gasteiger partial charge in [0.1, 0.15) is 11.9 Å². The van der Waals surface area contributed by atoms with Gasteiger partial charge in [-0.05, 0) is 34.3 Å². The van der Waals surface area contributed by atoms with Crippen molar-refractivity contribution < 1.29 is 58.7 Å². The van der Waals surface area contributed by atoms with E-state index in [-0.39, 0.29) is 67.8 Å². The van der Waals surface area contributed by atoms with Gasteiger partial charge in [-0.1, -0.05) is 57.4 Å². The topological polar surface area (TPSA) is 46.5 Å². The molecule has 0 spiro atoms. The second kappa shape index (κ2) is 10.9. The summed E-state index contributed by atoms with van der Waals surface area (Å²) >= 11 is 3.47. The minimum Gasteiger partial charge on any atom is -0.489 e. The van der Waals surface area contributed by atoms with Crippen molar-refractivity contribution in [2.75, 3.05) is 0 Å². The van der Waals surface area contributed by atoms with E-state index in [1.165, 1.54) is 11.1 Å². The number of carbonyl (C=O) groups excluding carboxylic acids is 1. The number of halogens is 1. The zero-order valence-corrected chi connectivity index (χ0v) is 22.6. The summed E-state index contributed by atoms with van der Waals surface area (Å²) in [6, 6.07) is 6.35. The van der Waals surface area contributed by atoms with Gasteiger partial charge in [0.2, 0.25) is 0 Å². The average molecular weight is 648 g/mol. The number of fused-ring (bicyclic) bond motifs is 3. The van der Waals surface area contributed by atoms with Gasteiger partial charge in [0.05, 0.1) is 10.6 Å². The van der Waals surface area contributed by atoms with E-state index in [1.807, 2.05) is 6.08 Å². The molecular weight excluding hydrogens is 619 g/mol. The minimum atomic E-state index is -0.469. The molecule has 3 nitrogen and oxygen atoms in total. The Kier molecular flexibility index (Phi) is 9.53. The summed E-state index contributed by atoms with van der Waals surface area (Å²) in [5, 5.41) is 10.6. The number of aryl methyl sites for hydroxylation is 1. The number of carbonyl (C=O) groups is 1. The summed E-state index contributed by atoms with van der Waals surface area (Å²) < 4.78 is 6.86. The van der Waals surface area contributed by atoms with Crippen LogP contribution < -0.4 is 4.74 Å². The fourth-order valence-corrected chi connectivity index (χ4v) is 4.82. The van der Waals surface area contributed by atoms with Crippen LogP contribution in [0.15, 0.2) is 28.8 Å². The van der Waals surface area contributed by atoms with Crippen LogP contribution in [-0.4, -0.2) is 23.1 Å². The maximum absolute atomic E-state index is 12.4. The van der Waals surface area contributed by atoms with E-state index in [9.17, 15) is 9.90 Å². The van der Waals surface area contributed by atoms with Crippen LogP contribution >= 0.6 is 15.9 Å². The van der Waals surface area contributed by atoms with E-state index in [0.717, 1.165) is 37.9 Å². The van der Waals surface area contributed by atoms with Gasteiger partial charge in [-0.2, -0.15) is 0 Å². The molecule has 0 bridgehead atoms. The summed E-state index contributed by atoms with van der Waals surface area (Å²) in [4.78, 5) is 12.4. The Labute approximate surface area is 207 Å². The predicted octanol–water partition coefficient (Wildman–Crippen LogP) is 5.29. The Morgan fingerprint density at radius 1 is 1.30 bits per heavy atom. The van der Waals surface area contributed by atoms with E-state index < -0.39 is 6.10 Å². The molecule has 1 N–H and O–H groups in total. The molecule has 1 heterocycles. The third-order valence-corrected chi connectivity index (χ3v) is 6.33. The Morgan fingerprint density at radius 3 is 2.78 bits per heavy atom. The molecule has 5 heteroatoms. The number of ketones is 1. The Hall–Kier alpha value is 0.312. The van der Waals surface area contributed by atoms with E-state index >= 15 is 0 Å². The van der Waals surface area contributed by atoms with Crippen molar-refractivity contribution in [1.82, 2.24) is 0 Å². The second-order valence-electron chi connectivity index (χ2n) is 7.54. The first-order valence-corrected chi connectivity index (χ1v) is 10.7. The maximum atomic E-state index is 12.4. The fraction of sp³-hybridized carbons (Fsp3) is 0.591. The molecule has 1 fully saturated rings. The van der Waals surface area contributed by atoms with Gasteiger partial charge < -0.3 is 9.84 Å². The molecule has 1 aromatic carbocycles. The number of unbranched alkanes of at least 4 members (excludes halogenated alkanes) is 2. The summed E-state index contributed by atoms with van der Waals surface area (Å²) in [5.41, 5.74) is 2.45. The van der Waals surface area contributed by atoms with Crippen molar-refractivity contribution in [3.8, 4) is 5.75 Å². The molecule has 1 radical (unpaired) electrons. The van der Waals surface area contributed by atoms with Crippen LogP contribution in [0.2, 0.25) is 0 Å². The van der Waals surface area contributed by atoms with Gasteiger partial charge in [0.15, 0.2) is 5.78 Å². The van der Waals surface area contributed by atoms with Gasteiger partial charge in [-0.15, -0.1) is 0 Å². The summed E-state index contributed by atoms with van der Waals surface area (Å²) in [5.74, 6) is 1.20. The van der Waals surface area contributed by atoms with Crippen molar-refractivity contribution in [2.45, 2.75) is 76.9 Å². The Morgan fingerprint density at radius 2 is 2.07 bits per heavy atom. The molecule has 2 aliphatic rings. The number of hydrogen-bond donors (Lipinski definition) is 1. The van der Waals surface area contributed by atoms with Gasteiger partial charge >= 0.3 is 0 Å². The summed E-state index contributed by atoms with van der Waals surface area (Å²) in [6.45, 7) is 4.31. The van der Waals surface area contributed by atoms with E-state index in [2.05, 4.69) is 48.0 Å². The zero-order valence-electron chi connectivity index (χ0n) is 16.3. The van der Waals surface area contributed by atoms with Crippen LogP contribution in [0.4, 0.5) is 0 Å². The Balaban J connectivity index is 0.00000261. The second-order valence-corrected chi connectivity index (χ2v) is 8.40. The maximum Gasteiger partial charge on any atom is 0.169 e. The van der Waals surface area contributed by atoms with Crippen molar-refractivity contribution >= 4 is 21.7 Å². The van der Waals surface area contributed by atoms with Crippen LogP contribution in [0, 0.1) is 50.0 Å². The van der Waals surface area contributed by atoms with Crippen LogP contribution in [0.3, 0.4) is 0 Å². The number of ether oxygens (including phenoxy) is 1. The summed E-state index contributed by atoms with van der Waals surface area (Å²) in [7, 11) is 0. The molecule has 145 valence electrons. The molecule has 1 aromatic rings. The van der Waals surface area contributed by atoms with E-state index in [4.69, 9.17) is 4.74 Å². The third kappa shape index (κ3) is 5.27. The Bertz CT molecular complexity index is 688. The third-order valence-electron chi connectivity index (χ3n) is 5.62. The molecule has 3 rings (SSSR count). The molecular formula is C22H29AcBrO3. The van der Waals surface area contributed by atoms with Crippen molar-refractivity contribution in [1.29, 1.82) is 0 Å². The number of rotatable bonds is 8. The molecule has 1 aliphatic heterocycles. The first kappa shape index (κ1) is 23.6. The van der Waals surface area contributed by atoms with Crippen LogP contribution in [0.5, 0.6) is 5.75 Å². The van der Waals surface area contributed by atoms with Crippen molar-refractivity contribution in [3.63, 3.8) is 0 Å². The van der Waals surface area contributed by atoms with Gasteiger partial charge in [0.25, 0.3) is 0 Å². The average Bonchev–Trinajstić information content (AvgIpc) is 3.12. The SMILES string of the molecule is CCCCCC(=O)/C(Br)=C/[C@@H]1[C@H]2c3cccc(CCC)c3O[C@H]2C[C@H]1O.[Ac]. The molecule has 4 atom stereocenters. The molecule has 27 heavy (non-hydrogen) atoms. The number of allylic oxidation sites excluding steroid dienone is 1. The fourth-order valence-electron chi connectivity index (χ4n) is 4.32. The predicted molar refractivity (Wildman–Crippen MR) is 108 cm³/mol. The number of aliphatic hydroxyl groups is 1. The van der Waals surface area contributed by atoms with E-state index in [1.54, 1.807) is 0 Å². The number of benzene rings is 1. The largest absolute Gasteiger partial charge is 0.489 e. The van der Waals surface area contributed by atoms with Crippen molar-refractivity contribution in [2.24, 2.45) is 5.92 Å². The monoisotopic (exact) mass is 647 g/mol. The number of Topliss-reactive ketones (excluding diaryl/α,β-unsaturated/α-hetero) is 1. The first-order valence-electron chi connectivity index (χ1n) is 9.93. The quantitative estimate of drug-likeness (QED) is 0.308. The number of aliphatic hydroxyl groups excluding tert-OH is 1. The molecule has 0 unspecified atom stereocenters. The minimum absolute atomic E-state index is 0. The van der Waals surface area contributed by atoms with Crippen LogP contribution in [0.25, 0.3) is 0 Å². The standard InChI is InChI=1S/C22H29BrO3.Ac/c1-3-5-6-11-18(24)17(23)12-16-19(25)13-20-21(16)15-10-7-9-14(8-4-2)22(15)26-20;/h7,9-10,12,16,19-21,25H,3-6,8,11,13H2,1-2H3;/b17-12-;/t16-,19+,20-,21+;/m0./s1. The molecule has 1 aliphatic carbocycles. The summed E-state index contributed by atoms with van der Waals surface area (Å²) in [6.07, 6.45) is 7.85. The first-order chi connectivity index (χ1) is 12.6. The van der Waals surface area contributed by atoms with Crippen LogP contribution in [-0.2, 0) is 11.2 Å². The van der Waals surface area contributed by atoms with E-state index in [0.29, 0.717) is 17.3 Å². The normalized spacial score (nSPS) is 26.1. The van der Waals surface area contributed by atoms with Gasteiger partial charge in [-0.25, -0.2) is 0 Å². The molecule has 0 aromatic heterocycles. The smallest absolute Gasteiger partial charge is 0.169 e. The van der Waals surface area contributed by atoms with Crippen LogP contribution in [0.1, 0.15) is 69.4 Å². The number of hydrogen-bond acceptors (Lipinski definition) is 3. The molecule has 1 saturated carbocycles. The zero-order chi connectivity index (χ0) is 18.7. The van der Waals surface area contributed by atoms with Crippen molar-refractivity contribution in [3.05, 3.63) is 39.9 Å². The molecule has 0 saturated heterocycles. The molecule has 0 amide bonds. The van der Waals surface area contributed by atoms with Gasteiger partial charge in [-0.3, -0.25) is 4.79 Å². The number of para-hydroxylation sites is 1.